The molecule has 2 heteroatoms. The summed E-state index contributed by atoms with van der Waals surface area (Å²) in [5, 5.41) is 4.70. The lowest BCUT2D eigenvalue weighted by Gasteiger charge is -2.30. The van der Waals surface area contributed by atoms with Gasteiger partial charge in [0.1, 0.15) is 17.9 Å². The van der Waals surface area contributed by atoms with Gasteiger partial charge in [0, 0.05) is 0 Å². The highest BCUT2D eigenvalue weighted by Crippen LogP contribution is 2.72. The number of alkyl halides is 1. The third-order valence-corrected chi connectivity index (χ3v) is 9.89. The summed E-state index contributed by atoms with van der Waals surface area (Å²) in [6.45, 7) is 10.8. The van der Waals surface area contributed by atoms with Crippen molar-refractivity contribution in [3.05, 3.63) is 77.4 Å². The van der Waals surface area contributed by atoms with Crippen molar-refractivity contribution in [3.8, 4) is 0 Å². The topological polar surface area (TPSA) is 0 Å². The normalized spacial score (nSPS) is 15.4. The summed E-state index contributed by atoms with van der Waals surface area (Å²) in [7, 11) is -1.56. The SMILES string of the molecule is C/C=C(\C=C/CC)[P+](CCCCCC)(C1=CCCC=C1)c1ccccc1.CBr.CC. The van der Waals surface area contributed by atoms with Gasteiger partial charge >= 0.3 is 0 Å². The molecule has 168 valence electrons. The summed E-state index contributed by atoms with van der Waals surface area (Å²) in [5.74, 6) is 1.81. The summed E-state index contributed by atoms with van der Waals surface area (Å²) in [6, 6.07) is 11.3. The molecule has 0 N–H and O–H groups in total. The molecule has 30 heavy (non-hydrogen) atoms. The van der Waals surface area contributed by atoms with E-state index in [2.05, 4.69) is 103 Å². The Morgan fingerprint density at radius 2 is 1.70 bits per heavy atom. The van der Waals surface area contributed by atoms with Crippen molar-refractivity contribution in [3.63, 3.8) is 0 Å². The van der Waals surface area contributed by atoms with Gasteiger partial charge in [-0.2, -0.15) is 0 Å². The lowest BCUT2D eigenvalue weighted by atomic mass is 10.2. The lowest BCUT2D eigenvalue weighted by Crippen LogP contribution is -2.18. The van der Waals surface area contributed by atoms with E-state index in [1.165, 1.54) is 44.7 Å². The first-order valence-electron chi connectivity index (χ1n) is 11.8. The average molecular weight is 493 g/mol. The Morgan fingerprint density at radius 3 is 2.23 bits per heavy atom. The van der Waals surface area contributed by atoms with Gasteiger partial charge < -0.3 is 0 Å². The summed E-state index contributed by atoms with van der Waals surface area (Å²) < 4.78 is 0. The molecule has 0 saturated heterocycles. The Bertz CT molecular complexity index is 654. The number of benzene rings is 1. The summed E-state index contributed by atoms with van der Waals surface area (Å²) in [5.41, 5.74) is 0. The second-order valence-corrected chi connectivity index (χ2v) is 10.7. The third-order valence-electron chi connectivity index (χ3n) is 5.22. The first kappa shape index (κ1) is 29.1. The van der Waals surface area contributed by atoms with Gasteiger partial charge in [-0.25, -0.2) is 0 Å². The number of rotatable bonds is 10. The van der Waals surface area contributed by atoms with Crippen LogP contribution in [0.15, 0.2) is 77.4 Å². The molecule has 0 nitrogen and oxygen atoms in total. The summed E-state index contributed by atoms with van der Waals surface area (Å²) in [6.07, 6.45) is 24.6. The minimum absolute atomic E-state index is 1.09. The van der Waals surface area contributed by atoms with Gasteiger partial charge in [0.15, 0.2) is 0 Å². The molecule has 1 aromatic carbocycles. The van der Waals surface area contributed by atoms with Crippen molar-refractivity contribution >= 4 is 28.5 Å². The molecule has 0 bridgehead atoms. The van der Waals surface area contributed by atoms with E-state index in [-0.39, 0.29) is 0 Å². The van der Waals surface area contributed by atoms with Crippen LogP contribution in [0.4, 0.5) is 0 Å². The predicted octanol–water partition coefficient (Wildman–Crippen LogP) is 10.1. The van der Waals surface area contributed by atoms with E-state index < -0.39 is 7.26 Å². The molecule has 1 aliphatic rings. The Morgan fingerprint density at radius 1 is 1.00 bits per heavy atom. The Labute approximate surface area is 197 Å². The molecule has 1 unspecified atom stereocenters. The first-order chi connectivity index (χ1) is 14.8. The van der Waals surface area contributed by atoms with E-state index >= 15 is 0 Å². The highest BCUT2D eigenvalue weighted by atomic mass is 79.9. The van der Waals surface area contributed by atoms with Crippen molar-refractivity contribution in [1.29, 1.82) is 0 Å². The molecule has 0 heterocycles. The molecule has 0 aromatic heterocycles. The van der Waals surface area contributed by atoms with Crippen LogP contribution in [0.25, 0.3) is 0 Å². The maximum Gasteiger partial charge on any atom is 0.111 e. The molecule has 0 amide bonds. The quantitative estimate of drug-likeness (QED) is 0.132. The molecule has 0 spiro atoms. The Balaban J connectivity index is 0.00000198. The number of halogens is 1. The zero-order chi connectivity index (χ0) is 22.7. The van der Waals surface area contributed by atoms with Gasteiger partial charge in [0.2, 0.25) is 0 Å². The van der Waals surface area contributed by atoms with Crippen LogP contribution in [0.1, 0.15) is 79.6 Å². The second-order valence-electron chi connectivity index (χ2n) is 7.06. The zero-order valence-electron chi connectivity index (χ0n) is 20.3. The fraction of sp³-hybridized carbons (Fsp3) is 0.500. The maximum absolute atomic E-state index is 2.94. The first-order valence-corrected chi connectivity index (χ1v) is 15.4. The van der Waals surface area contributed by atoms with Crippen molar-refractivity contribution in [2.24, 2.45) is 0 Å². The molecule has 0 fully saturated rings. The molecule has 0 saturated carbocycles. The van der Waals surface area contributed by atoms with E-state index in [1.807, 2.05) is 19.7 Å². The van der Waals surface area contributed by atoms with E-state index in [0.717, 1.165) is 6.42 Å². The maximum atomic E-state index is 2.94. The fourth-order valence-corrected chi connectivity index (χ4v) is 8.51. The van der Waals surface area contributed by atoms with Crippen molar-refractivity contribution in [2.45, 2.75) is 79.6 Å². The van der Waals surface area contributed by atoms with Gasteiger partial charge in [0.25, 0.3) is 0 Å². The van der Waals surface area contributed by atoms with Crippen molar-refractivity contribution in [2.75, 3.05) is 12.0 Å². The summed E-state index contributed by atoms with van der Waals surface area (Å²) >= 11 is 2.94. The standard InChI is InChI=1S/C25H36P.C2H6.CH3Br/c1-4-7-9-16-22-26(23(6-3)17-8-5-2,24-18-12-10-13-19-24)25-20-14-11-15-21-25;2*1-2/h6,8,10,12-14,17-21H,4-5,7,9,11,15-16,22H2,1-3H3;1-2H3;1H3/q+1;;/b17-8-,23-6+;;. The predicted molar refractivity (Wildman–Crippen MR) is 148 cm³/mol. The van der Waals surface area contributed by atoms with Crippen LogP contribution in [0.2, 0.25) is 0 Å². The second kappa shape index (κ2) is 18.8. The van der Waals surface area contributed by atoms with Crippen LogP contribution in [-0.4, -0.2) is 12.0 Å². The summed E-state index contributed by atoms with van der Waals surface area (Å²) in [4.78, 5) is 0. The van der Waals surface area contributed by atoms with E-state index in [1.54, 1.807) is 15.9 Å². The smallest absolute Gasteiger partial charge is 0.0966 e. The van der Waals surface area contributed by atoms with Crippen LogP contribution in [0.5, 0.6) is 0 Å². The van der Waals surface area contributed by atoms with E-state index in [4.69, 9.17) is 0 Å². The van der Waals surface area contributed by atoms with Crippen LogP contribution in [0, 0.1) is 0 Å². The molecule has 1 aliphatic carbocycles. The minimum Gasteiger partial charge on any atom is -0.0966 e. The molecule has 0 radical (unpaired) electrons. The average Bonchev–Trinajstić information content (AvgIpc) is 2.84. The molecule has 1 aromatic rings. The number of unbranched alkanes of at least 4 members (excludes halogenated alkanes) is 3. The molecule has 0 aliphatic heterocycles. The zero-order valence-corrected chi connectivity index (χ0v) is 22.8. The third kappa shape index (κ3) is 8.68. The number of hydrogen-bond acceptors (Lipinski definition) is 0. The lowest BCUT2D eigenvalue weighted by molar-refractivity contribution is 0.704. The van der Waals surface area contributed by atoms with Crippen molar-refractivity contribution < 1.29 is 0 Å². The number of hydrogen-bond donors (Lipinski definition) is 0. The van der Waals surface area contributed by atoms with E-state index in [9.17, 15) is 0 Å². The van der Waals surface area contributed by atoms with Gasteiger partial charge in [-0.05, 0) is 81.3 Å². The highest BCUT2D eigenvalue weighted by Gasteiger charge is 2.46. The van der Waals surface area contributed by atoms with Gasteiger partial charge in [-0.15, -0.1) is 0 Å². The molecular weight excluding hydrogens is 447 g/mol. The van der Waals surface area contributed by atoms with Crippen LogP contribution >= 0.6 is 23.2 Å². The monoisotopic (exact) mass is 491 g/mol. The highest BCUT2D eigenvalue weighted by molar-refractivity contribution is 9.08. The molecular formula is C28H45BrP+. The van der Waals surface area contributed by atoms with Crippen molar-refractivity contribution in [1.82, 2.24) is 0 Å². The fourth-order valence-electron chi connectivity index (χ4n) is 3.86. The minimum atomic E-state index is -1.56. The van der Waals surface area contributed by atoms with Gasteiger partial charge in [-0.3, -0.25) is 0 Å². The molecule has 1 atom stereocenters. The van der Waals surface area contributed by atoms with Gasteiger partial charge in [-0.1, -0.05) is 86.8 Å². The Hall–Kier alpha value is -0.910. The number of allylic oxidation sites excluding steroid dienone is 8. The Kier molecular flexibility index (Phi) is 18.3. The largest absolute Gasteiger partial charge is 0.111 e. The molecule has 2 rings (SSSR count). The van der Waals surface area contributed by atoms with Crippen LogP contribution in [-0.2, 0) is 0 Å². The van der Waals surface area contributed by atoms with Gasteiger partial charge in [0.05, 0.1) is 11.5 Å². The van der Waals surface area contributed by atoms with Crippen LogP contribution < -0.4 is 5.30 Å². The van der Waals surface area contributed by atoms with E-state index in [0.29, 0.717) is 0 Å². The van der Waals surface area contributed by atoms with Crippen LogP contribution in [0.3, 0.4) is 0 Å².